The Balaban J connectivity index is 0.000000442. The minimum atomic E-state index is -0.808. The number of thiol groups is 1. The highest BCUT2D eigenvalue weighted by Crippen LogP contribution is 2.17. The molecular weight excluding hydrogens is 491 g/mol. The molecule has 2 rings (SSSR count). The predicted octanol–water partition coefficient (Wildman–Crippen LogP) is 5.97. The molecule has 0 spiro atoms. The van der Waals surface area contributed by atoms with Crippen LogP contribution in [0.3, 0.4) is 0 Å². The van der Waals surface area contributed by atoms with Crippen LogP contribution in [-0.4, -0.2) is 27.0 Å². The summed E-state index contributed by atoms with van der Waals surface area (Å²) in [6.07, 6.45) is 0.630. The molecule has 0 saturated carbocycles. The Bertz CT molecular complexity index is 671. The highest BCUT2D eigenvalue weighted by atomic mass is 127. The number of halogens is 1. The molecule has 148 valence electrons. The zero-order valence-corrected chi connectivity index (χ0v) is 19.8. The van der Waals surface area contributed by atoms with Crippen LogP contribution in [0.25, 0.3) is 0 Å². The molecule has 0 aliphatic carbocycles. The zero-order chi connectivity index (χ0) is 20.7. The fourth-order valence-electron chi connectivity index (χ4n) is 1.95. The largest absolute Gasteiger partial charge is 0.481 e. The van der Waals surface area contributed by atoms with E-state index in [4.69, 9.17) is 5.11 Å². The lowest BCUT2D eigenvalue weighted by molar-refractivity contribution is -0.136. The second kappa shape index (κ2) is 16.0. The summed E-state index contributed by atoms with van der Waals surface area (Å²) in [6.45, 7) is 5.86. The van der Waals surface area contributed by atoms with Gasteiger partial charge in [0.15, 0.2) is 0 Å². The number of ketones is 1. The molecule has 6 heteroatoms. The first-order valence-electron chi connectivity index (χ1n) is 8.59. The number of carboxylic acids is 1. The number of aliphatic carboxylic acids is 1. The van der Waals surface area contributed by atoms with Crippen LogP contribution in [0.4, 0.5) is 0 Å². The monoisotopic (exact) mass is 518 g/mol. The van der Waals surface area contributed by atoms with Gasteiger partial charge in [0.05, 0.1) is 6.42 Å². The van der Waals surface area contributed by atoms with Gasteiger partial charge >= 0.3 is 5.97 Å². The fraction of sp³-hybridized carbons (Fsp3) is 0.333. The molecule has 1 N–H and O–H groups in total. The molecule has 0 heterocycles. The Labute approximate surface area is 185 Å². The number of hydrogen-bond donors (Lipinski definition) is 2. The van der Waals surface area contributed by atoms with Crippen LogP contribution >= 0.6 is 47.0 Å². The average molecular weight is 518 g/mol. The molecule has 27 heavy (non-hydrogen) atoms. The van der Waals surface area contributed by atoms with Crippen molar-refractivity contribution in [3.05, 3.63) is 59.7 Å². The second-order valence-corrected chi connectivity index (χ2v) is 8.84. The maximum absolute atomic E-state index is 10.8. The molecule has 0 atom stereocenters. The first kappa shape index (κ1) is 26.0. The molecule has 0 aliphatic heterocycles. The molecule has 0 unspecified atom stereocenters. The van der Waals surface area contributed by atoms with Crippen molar-refractivity contribution in [1.29, 1.82) is 0 Å². The summed E-state index contributed by atoms with van der Waals surface area (Å²) >= 11 is 8.18. The van der Waals surface area contributed by atoms with Crippen molar-refractivity contribution in [1.82, 2.24) is 0 Å². The van der Waals surface area contributed by atoms with E-state index in [1.165, 1.54) is 9.32 Å². The third-order valence-electron chi connectivity index (χ3n) is 2.98. The SMILES string of the molecule is CCI.CCSc1ccc(CC(C)=O)cc1.O=C(O)Cc1ccc(S)cc1. The lowest BCUT2D eigenvalue weighted by atomic mass is 10.1. The normalized spacial score (nSPS) is 9.37. The van der Waals surface area contributed by atoms with Crippen molar-refractivity contribution in [3.8, 4) is 0 Å². The zero-order valence-electron chi connectivity index (χ0n) is 15.9. The van der Waals surface area contributed by atoms with Crippen molar-refractivity contribution in [3.63, 3.8) is 0 Å². The summed E-state index contributed by atoms with van der Waals surface area (Å²) < 4.78 is 1.22. The van der Waals surface area contributed by atoms with E-state index < -0.39 is 5.97 Å². The number of Topliss-reactive ketones (excluding diaryl/α,β-unsaturated/α-hetero) is 1. The first-order valence-corrected chi connectivity index (χ1v) is 11.5. The molecule has 3 nitrogen and oxygen atoms in total. The first-order chi connectivity index (χ1) is 12.8. The third kappa shape index (κ3) is 14.7. The van der Waals surface area contributed by atoms with Gasteiger partial charge < -0.3 is 5.11 Å². The lowest BCUT2D eigenvalue weighted by Gasteiger charge is -2.00. The Kier molecular flexibility index (Phi) is 15.4. The van der Waals surface area contributed by atoms with Gasteiger partial charge in [-0.2, -0.15) is 0 Å². The van der Waals surface area contributed by atoms with E-state index in [-0.39, 0.29) is 12.2 Å². The Morgan fingerprint density at radius 1 is 0.963 bits per heavy atom. The van der Waals surface area contributed by atoms with Gasteiger partial charge in [0.25, 0.3) is 0 Å². The molecule has 0 radical (unpaired) electrons. The van der Waals surface area contributed by atoms with Gasteiger partial charge in [-0.25, -0.2) is 0 Å². The highest BCUT2D eigenvalue weighted by Gasteiger charge is 1.98. The van der Waals surface area contributed by atoms with Crippen LogP contribution in [-0.2, 0) is 22.4 Å². The molecule has 2 aromatic carbocycles. The number of hydrogen-bond acceptors (Lipinski definition) is 4. The Morgan fingerprint density at radius 2 is 1.41 bits per heavy atom. The van der Waals surface area contributed by atoms with Crippen LogP contribution in [0.5, 0.6) is 0 Å². The molecule has 0 aromatic heterocycles. The molecule has 0 fully saturated rings. The van der Waals surface area contributed by atoms with E-state index in [2.05, 4.69) is 61.2 Å². The van der Waals surface area contributed by atoms with Crippen molar-refractivity contribution < 1.29 is 14.7 Å². The van der Waals surface area contributed by atoms with Crippen molar-refractivity contribution >= 4 is 58.7 Å². The van der Waals surface area contributed by atoms with Gasteiger partial charge in [0, 0.05) is 16.2 Å². The molecule has 2 aromatic rings. The molecule has 0 bridgehead atoms. The smallest absolute Gasteiger partial charge is 0.307 e. The number of rotatable bonds is 6. The number of carbonyl (C=O) groups is 2. The molecule has 0 saturated heterocycles. The Hall–Kier alpha value is -0.990. The second-order valence-electron chi connectivity index (χ2n) is 5.46. The fourth-order valence-corrected chi connectivity index (χ4v) is 2.76. The minimum Gasteiger partial charge on any atom is -0.481 e. The summed E-state index contributed by atoms with van der Waals surface area (Å²) in [6, 6.07) is 15.3. The maximum Gasteiger partial charge on any atom is 0.307 e. The molecule has 0 aliphatic rings. The summed E-state index contributed by atoms with van der Waals surface area (Å²) in [5.74, 6) is 0.499. The number of benzene rings is 2. The quantitative estimate of drug-likeness (QED) is 0.214. The van der Waals surface area contributed by atoms with Gasteiger partial charge in [0.2, 0.25) is 0 Å². The van der Waals surface area contributed by atoms with Gasteiger partial charge in [-0.15, -0.1) is 24.4 Å². The molecular formula is C21H27IO3S2. The van der Waals surface area contributed by atoms with Gasteiger partial charge in [-0.3, -0.25) is 9.59 Å². The number of carboxylic acid groups (broad SMARTS) is 1. The van der Waals surface area contributed by atoms with Gasteiger partial charge in [-0.05, 0) is 52.5 Å². The lowest BCUT2D eigenvalue weighted by Crippen LogP contribution is -1.99. The summed E-state index contributed by atoms with van der Waals surface area (Å²) in [5.41, 5.74) is 1.91. The topological polar surface area (TPSA) is 54.4 Å². The van der Waals surface area contributed by atoms with Crippen molar-refractivity contribution in [2.45, 2.75) is 43.4 Å². The average Bonchev–Trinajstić information content (AvgIpc) is 2.59. The third-order valence-corrected chi connectivity index (χ3v) is 4.17. The van der Waals surface area contributed by atoms with Crippen molar-refractivity contribution in [2.75, 3.05) is 10.2 Å². The van der Waals surface area contributed by atoms with Crippen LogP contribution in [0, 0.1) is 0 Å². The summed E-state index contributed by atoms with van der Waals surface area (Å²) in [7, 11) is 0. The van der Waals surface area contributed by atoms with E-state index in [1.54, 1.807) is 31.2 Å². The highest BCUT2D eigenvalue weighted by molar-refractivity contribution is 14.1. The predicted molar refractivity (Wildman–Crippen MR) is 127 cm³/mol. The number of carbonyl (C=O) groups excluding carboxylic acids is 1. The molecule has 0 amide bonds. The van der Waals surface area contributed by atoms with Crippen LogP contribution in [0.15, 0.2) is 58.3 Å². The minimum absolute atomic E-state index is 0.0774. The van der Waals surface area contributed by atoms with Gasteiger partial charge in [-0.1, -0.05) is 60.7 Å². The van der Waals surface area contributed by atoms with E-state index in [9.17, 15) is 9.59 Å². The van der Waals surface area contributed by atoms with Crippen LogP contribution in [0.1, 0.15) is 31.9 Å². The van der Waals surface area contributed by atoms with Crippen molar-refractivity contribution in [2.24, 2.45) is 0 Å². The Morgan fingerprint density at radius 3 is 1.81 bits per heavy atom. The maximum atomic E-state index is 10.8. The summed E-state index contributed by atoms with van der Waals surface area (Å²) in [4.78, 5) is 23.2. The van der Waals surface area contributed by atoms with Gasteiger partial charge in [0.1, 0.15) is 5.78 Å². The number of thioether (sulfide) groups is 1. The summed E-state index contributed by atoms with van der Waals surface area (Å²) in [5, 5.41) is 8.42. The van der Waals surface area contributed by atoms with Crippen LogP contribution < -0.4 is 0 Å². The number of alkyl halides is 1. The van der Waals surface area contributed by atoms with E-state index in [0.29, 0.717) is 6.42 Å². The van der Waals surface area contributed by atoms with Crippen LogP contribution in [0.2, 0.25) is 0 Å². The van der Waals surface area contributed by atoms with E-state index in [1.807, 2.05) is 23.9 Å². The van der Waals surface area contributed by atoms with E-state index in [0.717, 1.165) is 21.8 Å². The standard InChI is InChI=1S/C11H14OS.C8H8O2S.C2H5I/c1-3-13-11-6-4-10(5-7-11)8-9(2)12;9-8(10)5-6-1-3-7(11)4-2-6;1-2-3/h4-7H,3,8H2,1-2H3;1-4,11H,5H2,(H,9,10);2H2,1H3. The van der Waals surface area contributed by atoms with E-state index >= 15 is 0 Å².